The summed E-state index contributed by atoms with van der Waals surface area (Å²) in [5.74, 6) is 0. The summed E-state index contributed by atoms with van der Waals surface area (Å²) in [6.45, 7) is 7.80. The van der Waals surface area contributed by atoms with E-state index in [1.807, 2.05) is 24.3 Å². The third-order valence-electron chi connectivity index (χ3n) is 9.67. The van der Waals surface area contributed by atoms with E-state index >= 15 is 0 Å². The van der Waals surface area contributed by atoms with Crippen LogP contribution in [0, 0.1) is 6.57 Å². The maximum Gasteiger partial charge on any atom is 0.194 e. The zero-order valence-electron chi connectivity index (χ0n) is 25.2. The van der Waals surface area contributed by atoms with Crippen LogP contribution in [-0.4, -0.2) is 4.98 Å². The van der Waals surface area contributed by atoms with E-state index in [0.29, 0.717) is 5.69 Å². The van der Waals surface area contributed by atoms with Crippen LogP contribution in [0.15, 0.2) is 150 Å². The molecule has 47 heavy (non-hydrogen) atoms. The Hall–Kier alpha value is -6.50. The molecule has 3 heteroatoms. The first-order chi connectivity index (χ1) is 23.3. The molecule has 3 nitrogen and oxygen atoms in total. The van der Waals surface area contributed by atoms with Gasteiger partial charge in [-0.15, -0.1) is 0 Å². The Kier molecular flexibility index (Phi) is 5.35. The van der Waals surface area contributed by atoms with Crippen LogP contribution in [0.25, 0.3) is 103 Å². The van der Waals surface area contributed by atoms with Gasteiger partial charge in [-0.3, -0.25) is 0 Å². The number of aromatic nitrogens is 1. The molecule has 216 valence electrons. The standard InChI is InChI=1S/C44H24N2O/c1-45-37-25-24-33(26-12-2-3-13-27(26)37)40-29-15-4-6-17-31(29)41(32-18-7-5-16-30(32)40)43-36-23-22-34-28-14-9-11-21-39(28)47-44(34)42(36)35-19-8-10-20-38(35)46-43/h2-25H. The van der Waals surface area contributed by atoms with E-state index in [4.69, 9.17) is 16.0 Å². The Morgan fingerprint density at radius 1 is 0.447 bits per heavy atom. The van der Waals surface area contributed by atoms with Gasteiger partial charge in [0.2, 0.25) is 0 Å². The number of rotatable bonds is 2. The lowest BCUT2D eigenvalue weighted by molar-refractivity contribution is 0.673. The average molecular weight is 597 g/mol. The summed E-state index contributed by atoms with van der Waals surface area (Å²) < 4.78 is 6.63. The summed E-state index contributed by atoms with van der Waals surface area (Å²) in [6, 6.07) is 50.7. The second-order valence-corrected chi connectivity index (χ2v) is 12.1. The molecule has 0 aliphatic rings. The first-order valence-electron chi connectivity index (χ1n) is 15.8. The van der Waals surface area contributed by atoms with Gasteiger partial charge in [0.25, 0.3) is 0 Å². The monoisotopic (exact) mass is 596 g/mol. The summed E-state index contributed by atoms with van der Waals surface area (Å²) in [7, 11) is 0. The predicted octanol–water partition coefficient (Wildman–Crippen LogP) is 12.6. The molecule has 8 aromatic carbocycles. The minimum atomic E-state index is 0.665. The number of benzene rings is 8. The first-order valence-corrected chi connectivity index (χ1v) is 15.8. The normalized spacial score (nSPS) is 11.8. The van der Waals surface area contributed by atoms with Crippen LogP contribution in [0.3, 0.4) is 0 Å². The van der Waals surface area contributed by atoms with Crippen LogP contribution < -0.4 is 0 Å². The van der Waals surface area contributed by atoms with Gasteiger partial charge in [-0.2, -0.15) is 0 Å². The van der Waals surface area contributed by atoms with Crippen molar-refractivity contribution < 1.29 is 4.42 Å². The summed E-state index contributed by atoms with van der Waals surface area (Å²) >= 11 is 0. The van der Waals surface area contributed by atoms with Gasteiger partial charge in [0.1, 0.15) is 11.2 Å². The highest BCUT2D eigenvalue weighted by molar-refractivity contribution is 6.29. The molecular formula is C44H24N2O. The van der Waals surface area contributed by atoms with Crippen LogP contribution in [0.2, 0.25) is 0 Å². The lowest BCUT2D eigenvalue weighted by Gasteiger charge is -2.20. The highest BCUT2D eigenvalue weighted by atomic mass is 16.3. The molecular weight excluding hydrogens is 572 g/mol. The third-order valence-corrected chi connectivity index (χ3v) is 9.67. The van der Waals surface area contributed by atoms with E-state index in [1.54, 1.807) is 0 Å². The summed E-state index contributed by atoms with van der Waals surface area (Å²) in [4.78, 5) is 9.27. The molecule has 0 bridgehead atoms. The lowest BCUT2D eigenvalue weighted by atomic mass is 9.84. The van der Waals surface area contributed by atoms with Crippen LogP contribution in [0.4, 0.5) is 5.69 Å². The van der Waals surface area contributed by atoms with E-state index in [1.165, 1.54) is 0 Å². The van der Waals surface area contributed by atoms with Gasteiger partial charge in [0.15, 0.2) is 5.69 Å². The quantitative estimate of drug-likeness (QED) is 0.113. The SMILES string of the molecule is [C-]#[N+]c1ccc(-c2c3ccccc3c(-c3nc4ccccc4c4c3ccc3c5ccccc5oc34)c3ccccc23)c2ccccc12. The lowest BCUT2D eigenvalue weighted by Crippen LogP contribution is -1.95. The molecule has 0 atom stereocenters. The number of hydrogen-bond donors (Lipinski definition) is 0. The number of nitrogens with zero attached hydrogens (tertiary/aromatic N) is 2. The summed E-state index contributed by atoms with van der Waals surface area (Å²) in [5.41, 5.74) is 7.69. The van der Waals surface area contributed by atoms with Gasteiger partial charge < -0.3 is 4.42 Å². The molecule has 0 fully saturated rings. The van der Waals surface area contributed by atoms with Crippen molar-refractivity contribution in [3.8, 4) is 22.4 Å². The molecule has 10 rings (SSSR count). The van der Waals surface area contributed by atoms with Crippen LogP contribution in [0.5, 0.6) is 0 Å². The molecule has 0 aliphatic carbocycles. The van der Waals surface area contributed by atoms with Gasteiger partial charge in [0, 0.05) is 32.5 Å². The van der Waals surface area contributed by atoms with Crippen LogP contribution >= 0.6 is 0 Å². The number of para-hydroxylation sites is 2. The first kappa shape index (κ1) is 25.8. The van der Waals surface area contributed by atoms with Crippen molar-refractivity contribution in [2.45, 2.75) is 0 Å². The Balaban J connectivity index is 1.40. The molecule has 0 aliphatic heterocycles. The van der Waals surface area contributed by atoms with Gasteiger partial charge in [-0.25, -0.2) is 9.83 Å². The molecule has 0 radical (unpaired) electrons. The van der Waals surface area contributed by atoms with Crippen molar-refractivity contribution >= 4 is 81.6 Å². The van der Waals surface area contributed by atoms with Gasteiger partial charge in [0.05, 0.1) is 17.8 Å². The average Bonchev–Trinajstić information content (AvgIpc) is 3.52. The topological polar surface area (TPSA) is 30.4 Å². The largest absolute Gasteiger partial charge is 0.455 e. The zero-order valence-corrected chi connectivity index (χ0v) is 25.2. The molecule has 2 aromatic heterocycles. The molecule has 0 unspecified atom stereocenters. The van der Waals surface area contributed by atoms with Crippen molar-refractivity contribution in [3.05, 3.63) is 157 Å². The minimum Gasteiger partial charge on any atom is -0.455 e. The molecule has 0 saturated carbocycles. The second-order valence-electron chi connectivity index (χ2n) is 12.1. The Labute approximate surface area is 269 Å². The maximum atomic E-state index is 7.80. The third kappa shape index (κ3) is 3.58. The van der Waals surface area contributed by atoms with E-state index in [-0.39, 0.29) is 0 Å². The number of furan rings is 1. The highest BCUT2D eigenvalue weighted by Gasteiger charge is 2.23. The van der Waals surface area contributed by atoms with E-state index < -0.39 is 0 Å². The van der Waals surface area contributed by atoms with Crippen molar-refractivity contribution in [1.29, 1.82) is 0 Å². The highest BCUT2D eigenvalue weighted by Crippen LogP contribution is 2.48. The van der Waals surface area contributed by atoms with Crippen molar-refractivity contribution in [2.75, 3.05) is 0 Å². The van der Waals surface area contributed by atoms with E-state index in [2.05, 4.69) is 126 Å². The minimum absolute atomic E-state index is 0.665. The van der Waals surface area contributed by atoms with Crippen LogP contribution in [-0.2, 0) is 0 Å². The van der Waals surface area contributed by atoms with E-state index in [0.717, 1.165) is 98.3 Å². The summed E-state index contributed by atoms with van der Waals surface area (Å²) in [5, 5.41) is 12.0. The Morgan fingerprint density at radius 2 is 1.00 bits per heavy atom. The van der Waals surface area contributed by atoms with Crippen molar-refractivity contribution in [2.24, 2.45) is 0 Å². The maximum absolute atomic E-state index is 7.80. The molecule has 10 aromatic rings. The van der Waals surface area contributed by atoms with Crippen LogP contribution in [0.1, 0.15) is 0 Å². The molecule has 0 saturated heterocycles. The fourth-order valence-corrected chi connectivity index (χ4v) is 7.68. The van der Waals surface area contributed by atoms with Gasteiger partial charge in [-0.05, 0) is 61.6 Å². The smallest absolute Gasteiger partial charge is 0.194 e. The number of pyridine rings is 1. The zero-order chi connectivity index (χ0) is 31.1. The molecule has 0 spiro atoms. The van der Waals surface area contributed by atoms with Gasteiger partial charge in [-0.1, -0.05) is 127 Å². The number of fused-ring (bicyclic) bond motifs is 10. The molecule has 2 heterocycles. The fourth-order valence-electron chi connectivity index (χ4n) is 7.68. The second kappa shape index (κ2) is 9.75. The number of hydrogen-bond acceptors (Lipinski definition) is 2. The Morgan fingerprint density at radius 3 is 1.70 bits per heavy atom. The molecule has 0 amide bonds. The van der Waals surface area contributed by atoms with Crippen molar-refractivity contribution in [3.63, 3.8) is 0 Å². The van der Waals surface area contributed by atoms with E-state index in [9.17, 15) is 0 Å². The fraction of sp³-hybridized carbons (Fsp3) is 0. The predicted molar refractivity (Wildman–Crippen MR) is 196 cm³/mol. The molecule has 0 N–H and O–H groups in total. The van der Waals surface area contributed by atoms with Gasteiger partial charge >= 0.3 is 0 Å². The van der Waals surface area contributed by atoms with Crippen molar-refractivity contribution in [1.82, 2.24) is 4.98 Å². The Bertz CT molecular complexity index is 2920. The summed E-state index contributed by atoms with van der Waals surface area (Å²) in [6.07, 6.45) is 0.